The fourth-order valence-corrected chi connectivity index (χ4v) is 2.19. The Hall–Kier alpha value is -1.06. The van der Waals surface area contributed by atoms with E-state index in [9.17, 15) is 0 Å². The van der Waals surface area contributed by atoms with E-state index in [1.807, 2.05) is 18.2 Å². The van der Waals surface area contributed by atoms with Crippen molar-refractivity contribution in [3.63, 3.8) is 0 Å². The fraction of sp³-hybridized carbons (Fsp3) is 0.600. The van der Waals surface area contributed by atoms with Crippen molar-refractivity contribution in [2.75, 3.05) is 13.7 Å². The standard InChI is InChI=1S/C15H23NO2/c1-3-7-16-13-9-15(10-13)18-11-12-5-4-6-14(8-12)17-2/h4-6,8,13,15-16H,3,7,9-11H2,1-2H3. The molecule has 0 bridgehead atoms. The topological polar surface area (TPSA) is 30.5 Å². The van der Waals surface area contributed by atoms with Crippen molar-refractivity contribution < 1.29 is 9.47 Å². The molecule has 0 aliphatic heterocycles. The first kappa shape index (κ1) is 13.4. The highest BCUT2D eigenvalue weighted by Crippen LogP contribution is 2.25. The summed E-state index contributed by atoms with van der Waals surface area (Å²) in [6.07, 6.45) is 3.91. The molecule has 1 fully saturated rings. The predicted molar refractivity (Wildman–Crippen MR) is 72.9 cm³/mol. The van der Waals surface area contributed by atoms with Crippen molar-refractivity contribution in [1.82, 2.24) is 5.32 Å². The third-order valence-electron chi connectivity index (χ3n) is 3.40. The lowest BCUT2D eigenvalue weighted by atomic mass is 9.89. The summed E-state index contributed by atoms with van der Waals surface area (Å²) in [5, 5.41) is 3.52. The summed E-state index contributed by atoms with van der Waals surface area (Å²) in [5.41, 5.74) is 1.18. The van der Waals surface area contributed by atoms with E-state index >= 15 is 0 Å². The first-order chi connectivity index (χ1) is 8.81. The van der Waals surface area contributed by atoms with Crippen molar-refractivity contribution in [2.24, 2.45) is 0 Å². The molecule has 3 heteroatoms. The number of rotatable bonds is 7. The molecule has 0 radical (unpaired) electrons. The molecule has 1 aromatic carbocycles. The summed E-state index contributed by atoms with van der Waals surface area (Å²) in [6.45, 7) is 4.00. The smallest absolute Gasteiger partial charge is 0.119 e. The number of ether oxygens (including phenoxy) is 2. The average molecular weight is 249 g/mol. The Labute approximate surface area is 109 Å². The molecule has 0 saturated heterocycles. The number of nitrogens with one attached hydrogen (secondary N) is 1. The highest BCUT2D eigenvalue weighted by molar-refractivity contribution is 5.27. The van der Waals surface area contributed by atoms with Crippen LogP contribution in [-0.4, -0.2) is 25.8 Å². The lowest BCUT2D eigenvalue weighted by Crippen LogP contribution is -2.45. The SMILES string of the molecule is CCCNC1CC(OCc2cccc(OC)c2)C1. The Morgan fingerprint density at radius 2 is 2.17 bits per heavy atom. The third-order valence-corrected chi connectivity index (χ3v) is 3.40. The molecule has 0 unspecified atom stereocenters. The average Bonchev–Trinajstić information content (AvgIpc) is 2.36. The molecule has 0 heterocycles. The van der Waals surface area contributed by atoms with Crippen LogP contribution in [0.2, 0.25) is 0 Å². The van der Waals surface area contributed by atoms with Gasteiger partial charge in [0, 0.05) is 6.04 Å². The normalized spacial score (nSPS) is 22.6. The first-order valence-corrected chi connectivity index (χ1v) is 6.79. The largest absolute Gasteiger partial charge is 0.497 e. The van der Waals surface area contributed by atoms with Crippen LogP contribution in [-0.2, 0) is 11.3 Å². The van der Waals surface area contributed by atoms with E-state index in [0.717, 1.165) is 25.1 Å². The van der Waals surface area contributed by atoms with E-state index in [-0.39, 0.29) is 0 Å². The van der Waals surface area contributed by atoms with Gasteiger partial charge in [0.1, 0.15) is 5.75 Å². The Balaban J connectivity index is 1.67. The molecule has 1 aliphatic rings. The summed E-state index contributed by atoms with van der Waals surface area (Å²) >= 11 is 0. The summed E-state index contributed by atoms with van der Waals surface area (Å²) in [6, 6.07) is 8.74. The number of methoxy groups -OCH3 is 1. The van der Waals surface area contributed by atoms with Crippen LogP contribution in [0.4, 0.5) is 0 Å². The van der Waals surface area contributed by atoms with Crippen LogP contribution in [0.15, 0.2) is 24.3 Å². The molecular weight excluding hydrogens is 226 g/mol. The summed E-state index contributed by atoms with van der Waals surface area (Å²) in [5.74, 6) is 0.896. The van der Waals surface area contributed by atoms with Gasteiger partial charge in [-0.3, -0.25) is 0 Å². The molecule has 0 spiro atoms. The van der Waals surface area contributed by atoms with Gasteiger partial charge in [0.25, 0.3) is 0 Å². The molecule has 0 atom stereocenters. The van der Waals surface area contributed by atoms with Gasteiger partial charge in [-0.15, -0.1) is 0 Å². The van der Waals surface area contributed by atoms with E-state index < -0.39 is 0 Å². The van der Waals surface area contributed by atoms with Crippen LogP contribution in [0.1, 0.15) is 31.7 Å². The van der Waals surface area contributed by atoms with Gasteiger partial charge in [-0.2, -0.15) is 0 Å². The zero-order valence-corrected chi connectivity index (χ0v) is 11.3. The van der Waals surface area contributed by atoms with Gasteiger partial charge in [0.2, 0.25) is 0 Å². The van der Waals surface area contributed by atoms with Crippen LogP contribution in [0.25, 0.3) is 0 Å². The van der Waals surface area contributed by atoms with E-state index in [0.29, 0.717) is 18.8 Å². The molecule has 1 N–H and O–H groups in total. The van der Waals surface area contributed by atoms with E-state index in [4.69, 9.17) is 9.47 Å². The third kappa shape index (κ3) is 3.72. The summed E-state index contributed by atoms with van der Waals surface area (Å²) in [4.78, 5) is 0. The molecule has 1 aliphatic carbocycles. The molecule has 3 nitrogen and oxygen atoms in total. The highest BCUT2D eigenvalue weighted by atomic mass is 16.5. The second kappa shape index (κ2) is 6.76. The molecule has 0 amide bonds. The Morgan fingerprint density at radius 1 is 1.33 bits per heavy atom. The summed E-state index contributed by atoms with van der Waals surface area (Å²) < 4.78 is 11.1. The lowest BCUT2D eigenvalue weighted by molar-refractivity contribution is -0.0264. The second-order valence-corrected chi connectivity index (χ2v) is 4.91. The van der Waals surface area contributed by atoms with E-state index in [1.165, 1.54) is 12.0 Å². The monoisotopic (exact) mass is 249 g/mol. The maximum Gasteiger partial charge on any atom is 0.119 e. The van der Waals surface area contributed by atoms with Crippen molar-refractivity contribution in [3.8, 4) is 5.75 Å². The van der Waals surface area contributed by atoms with Crippen molar-refractivity contribution in [1.29, 1.82) is 0 Å². The van der Waals surface area contributed by atoms with E-state index in [1.54, 1.807) is 7.11 Å². The van der Waals surface area contributed by atoms with Gasteiger partial charge in [-0.05, 0) is 43.5 Å². The Bertz CT molecular complexity index is 361. The van der Waals surface area contributed by atoms with Crippen LogP contribution in [0.3, 0.4) is 0 Å². The highest BCUT2D eigenvalue weighted by Gasteiger charge is 2.28. The van der Waals surface area contributed by atoms with Gasteiger partial charge in [-0.1, -0.05) is 19.1 Å². The van der Waals surface area contributed by atoms with Crippen molar-refractivity contribution in [3.05, 3.63) is 29.8 Å². The second-order valence-electron chi connectivity index (χ2n) is 4.91. The number of hydrogen-bond acceptors (Lipinski definition) is 3. The molecule has 1 aromatic rings. The maximum absolute atomic E-state index is 5.88. The van der Waals surface area contributed by atoms with Crippen LogP contribution in [0, 0.1) is 0 Å². The molecule has 2 rings (SSSR count). The first-order valence-electron chi connectivity index (χ1n) is 6.79. The van der Waals surface area contributed by atoms with Gasteiger partial charge in [0.05, 0.1) is 19.8 Å². The lowest BCUT2D eigenvalue weighted by Gasteiger charge is -2.35. The van der Waals surface area contributed by atoms with Gasteiger partial charge < -0.3 is 14.8 Å². The minimum Gasteiger partial charge on any atom is -0.497 e. The van der Waals surface area contributed by atoms with Gasteiger partial charge in [0.15, 0.2) is 0 Å². The van der Waals surface area contributed by atoms with Gasteiger partial charge >= 0.3 is 0 Å². The van der Waals surface area contributed by atoms with Crippen LogP contribution >= 0.6 is 0 Å². The maximum atomic E-state index is 5.88. The van der Waals surface area contributed by atoms with Crippen LogP contribution < -0.4 is 10.1 Å². The molecule has 18 heavy (non-hydrogen) atoms. The minimum absolute atomic E-state index is 0.422. The fourth-order valence-electron chi connectivity index (χ4n) is 2.19. The molecular formula is C15H23NO2. The Kier molecular flexibility index (Phi) is 5.02. The van der Waals surface area contributed by atoms with Crippen molar-refractivity contribution in [2.45, 2.75) is 44.9 Å². The zero-order valence-electron chi connectivity index (χ0n) is 11.3. The Morgan fingerprint density at radius 3 is 2.89 bits per heavy atom. The minimum atomic E-state index is 0.422. The predicted octanol–water partition coefficient (Wildman–Crippen LogP) is 2.74. The number of benzene rings is 1. The molecule has 100 valence electrons. The summed E-state index contributed by atoms with van der Waals surface area (Å²) in [7, 11) is 1.69. The quantitative estimate of drug-likeness (QED) is 0.806. The molecule has 0 aromatic heterocycles. The van der Waals surface area contributed by atoms with Gasteiger partial charge in [-0.25, -0.2) is 0 Å². The number of hydrogen-bond donors (Lipinski definition) is 1. The van der Waals surface area contributed by atoms with E-state index in [2.05, 4.69) is 18.3 Å². The van der Waals surface area contributed by atoms with Crippen molar-refractivity contribution >= 4 is 0 Å². The zero-order chi connectivity index (χ0) is 12.8. The molecule has 1 saturated carbocycles. The van der Waals surface area contributed by atoms with Crippen LogP contribution in [0.5, 0.6) is 5.75 Å².